The average molecular weight is 365 g/mol. The van der Waals surface area contributed by atoms with Gasteiger partial charge in [-0.1, -0.05) is 69.8 Å². The summed E-state index contributed by atoms with van der Waals surface area (Å²) in [4.78, 5) is 21.9. The minimum absolute atomic E-state index is 0.0274. The van der Waals surface area contributed by atoms with Crippen LogP contribution in [0.4, 0.5) is 0 Å². The van der Waals surface area contributed by atoms with Crippen molar-refractivity contribution >= 4 is 12.4 Å². The van der Waals surface area contributed by atoms with Crippen LogP contribution >= 0.6 is 0 Å². The lowest BCUT2D eigenvalue weighted by atomic mass is 9.83. The highest BCUT2D eigenvalue weighted by Gasteiger charge is 2.25. The molecule has 1 aliphatic carbocycles. The van der Waals surface area contributed by atoms with E-state index in [0.29, 0.717) is 18.8 Å². The number of esters is 1. The second-order valence-electron chi connectivity index (χ2n) is 7.18. The molecule has 0 saturated carbocycles. The van der Waals surface area contributed by atoms with Crippen molar-refractivity contribution in [3.63, 3.8) is 0 Å². The van der Waals surface area contributed by atoms with Crippen molar-refractivity contribution in [2.75, 3.05) is 7.11 Å². The highest BCUT2D eigenvalue weighted by molar-refractivity contribution is 5.68. The van der Waals surface area contributed by atoms with Crippen LogP contribution in [0.25, 0.3) is 0 Å². The maximum absolute atomic E-state index is 11.0. The third kappa shape index (κ3) is 9.79. The minimum Gasteiger partial charge on any atom is -0.469 e. The van der Waals surface area contributed by atoms with Gasteiger partial charge in [0.2, 0.25) is 0 Å². The Hall–Kier alpha value is -1.58. The summed E-state index contributed by atoms with van der Waals surface area (Å²) in [6, 6.07) is 0. The lowest BCUT2D eigenvalue weighted by molar-refractivity contribution is -0.140. The Morgan fingerprint density at radius 1 is 1.12 bits per heavy atom. The van der Waals surface area contributed by atoms with Gasteiger partial charge in [0.05, 0.1) is 7.11 Å². The quantitative estimate of drug-likeness (QED) is 0.180. The highest BCUT2D eigenvalue weighted by Crippen LogP contribution is 2.29. The molecule has 0 saturated heterocycles. The molecule has 0 aliphatic heterocycles. The van der Waals surface area contributed by atoms with E-state index in [4.69, 9.17) is 4.74 Å². The molecule has 26 heavy (non-hydrogen) atoms. The molecule has 4 heteroatoms. The first-order chi connectivity index (χ1) is 12.7. The molecule has 0 fully saturated rings. The zero-order valence-corrected chi connectivity index (χ0v) is 16.5. The fourth-order valence-electron chi connectivity index (χ4n) is 3.45. The van der Waals surface area contributed by atoms with Crippen LogP contribution in [0, 0.1) is 11.8 Å². The summed E-state index contributed by atoms with van der Waals surface area (Å²) in [5, 5.41) is 0. The van der Waals surface area contributed by atoms with Crippen molar-refractivity contribution in [2.24, 2.45) is 11.8 Å². The van der Waals surface area contributed by atoms with E-state index in [-0.39, 0.29) is 18.0 Å². The molecule has 148 valence electrons. The second-order valence-corrected chi connectivity index (χ2v) is 7.18. The molecule has 0 aromatic heterocycles. The molecule has 0 N–H and O–H groups in total. The van der Waals surface area contributed by atoms with Crippen LogP contribution in [0.3, 0.4) is 0 Å². The molecule has 3 unspecified atom stereocenters. The topological polar surface area (TPSA) is 52.6 Å². The van der Waals surface area contributed by atoms with E-state index < -0.39 is 0 Å². The van der Waals surface area contributed by atoms with Crippen molar-refractivity contribution in [3.8, 4) is 0 Å². The van der Waals surface area contributed by atoms with Crippen LogP contribution in [-0.2, 0) is 19.1 Å². The van der Waals surface area contributed by atoms with Crippen LogP contribution in [0.1, 0.15) is 77.6 Å². The SMILES string of the molecule is CCCCC=CC1C=CC(CCCCCCCC(=O)OC)CC1OC=O. The van der Waals surface area contributed by atoms with E-state index in [0.717, 1.165) is 38.5 Å². The predicted octanol–water partition coefficient (Wildman–Crippen LogP) is 5.37. The molecule has 1 rings (SSSR count). The fourth-order valence-corrected chi connectivity index (χ4v) is 3.45. The number of hydrogen-bond donors (Lipinski definition) is 0. The molecule has 3 atom stereocenters. The number of unbranched alkanes of at least 4 members (excludes halogenated alkanes) is 6. The largest absolute Gasteiger partial charge is 0.469 e. The third-order valence-electron chi connectivity index (χ3n) is 5.07. The summed E-state index contributed by atoms with van der Waals surface area (Å²) in [6.07, 6.45) is 20.5. The van der Waals surface area contributed by atoms with Crippen molar-refractivity contribution in [3.05, 3.63) is 24.3 Å². The van der Waals surface area contributed by atoms with Gasteiger partial charge in [-0.25, -0.2) is 0 Å². The fraction of sp³-hybridized carbons (Fsp3) is 0.727. The second kappa shape index (κ2) is 14.6. The number of carbonyl (C=O) groups is 2. The Balaban J connectivity index is 2.26. The van der Waals surface area contributed by atoms with Gasteiger partial charge in [-0.05, 0) is 31.6 Å². The van der Waals surface area contributed by atoms with Crippen LogP contribution in [0.5, 0.6) is 0 Å². The lowest BCUT2D eigenvalue weighted by Gasteiger charge is -2.29. The Labute approximate surface area is 159 Å². The maximum atomic E-state index is 11.0. The zero-order valence-electron chi connectivity index (χ0n) is 16.5. The Kier molecular flexibility index (Phi) is 12.6. The van der Waals surface area contributed by atoms with Crippen LogP contribution < -0.4 is 0 Å². The minimum atomic E-state index is -0.114. The van der Waals surface area contributed by atoms with Gasteiger partial charge in [0.15, 0.2) is 0 Å². The summed E-state index contributed by atoms with van der Waals surface area (Å²) >= 11 is 0. The number of ether oxygens (including phenoxy) is 2. The van der Waals surface area contributed by atoms with Gasteiger partial charge in [-0.2, -0.15) is 0 Å². The normalized spacial score (nSPS) is 22.5. The van der Waals surface area contributed by atoms with Crippen molar-refractivity contribution in [2.45, 2.75) is 83.7 Å². The summed E-state index contributed by atoms with van der Waals surface area (Å²) in [7, 11) is 1.44. The Bertz CT molecular complexity index is 441. The third-order valence-corrected chi connectivity index (χ3v) is 5.07. The number of rotatable bonds is 14. The van der Waals surface area contributed by atoms with Crippen molar-refractivity contribution in [1.82, 2.24) is 0 Å². The summed E-state index contributed by atoms with van der Waals surface area (Å²) < 4.78 is 9.99. The van der Waals surface area contributed by atoms with Gasteiger partial charge in [-0.3, -0.25) is 9.59 Å². The summed E-state index contributed by atoms with van der Waals surface area (Å²) in [5.74, 6) is 0.596. The van der Waals surface area contributed by atoms with Gasteiger partial charge in [0, 0.05) is 12.3 Å². The monoisotopic (exact) mass is 364 g/mol. The van der Waals surface area contributed by atoms with E-state index in [2.05, 4.69) is 36.0 Å². The average Bonchev–Trinajstić information content (AvgIpc) is 2.65. The molecule has 0 aromatic carbocycles. The number of allylic oxidation sites excluding steroid dienone is 2. The molecule has 0 heterocycles. The van der Waals surface area contributed by atoms with Gasteiger partial charge in [-0.15, -0.1) is 0 Å². The van der Waals surface area contributed by atoms with E-state index in [1.54, 1.807) is 0 Å². The van der Waals surface area contributed by atoms with E-state index >= 15 is 0 Å². The van der Waals surface area contributed by atoms with Crippen LogP contribution in [-0.4, -0.2) is 25.7 Å². The van der Waals surface area contributed by atoms with Gasteiger partial charge >= 0.3 is 5.97 Å². The zero-order chi connectivity index (χ0) is 19.0. The first-order valence-corrected chi connectivity index (χ1v) is 10.2. The standard InChI is InChI=1S/C22H36O4/c1-3-4-5-10-13-20-16-15-19(17-21(20)26-18-23)12-9-7-6-8-11-14-22(24)25-2/h10,13,15-16,18-21H,3-9,11-12,14,17H2,1-2H3. The van der Waals surface area contributed by atoms with E-state index in [9.17, 15) is 9.59 Å². The maximum Gasteiger partial charge on any atom is 0.305 e. The molecule has 4 nitrogen and oxygen atoms in total. The number of hydrogen-bond acceptors (Lipinski definition) is 4. The highest BCUT2D eigenvalue weighted by atomic mass is 16.5. The number of carbonyl (C=O) groups excluding carboxylic acids is 2. The first kappa shape index (κ1) is 22.5. The molecule has 1 aliphatic rings. The van der Waals surface area contributed by atoms with Crippen LogP contribution in [0.15, 0.2) is 24.3 Å². The molecular weight excluding hydrogens is 328 g/mol. The Morgan fingerprint density at radius 2 is 1.88 bits per heavy atom. The smallest absolute Gasteiger partial charge is 0.305 e. The van der Waals surface area contributed by atoms with Crippen molar-refractivity contribution < 1.29 is 19.1 Å². The Morgan fingerprint density at radius 3 is 2.62 bits per heavy atom. The predicted molar refractivity (Wildman–Crippen MR) is 105 cm³/mol. The number of methoxy groups -OCH3 is 1. The van der Waals surface area contributed by atoms with Crippen LogP contribution in [0.2, 0.25) is 0 Å². The molecule has 0 bridgehead atoms. The van der Waals surface area contributed by atoms with E-state index in [1.165, 1.54) is 32.8 Å². The van der Waals surface area contributed by atoms with E-state index in [1.807, 2.05) is 0 Å². The summed E-state index contributed by atoms with van der Waals surface area (Å²) in [5.41, 5.74) is 0. The molecule has 0 amide bonds. The summed E-state index contributed by atoms with van der Waals surface area (Å²) in [6.45, 7) is 2.78. The molecule has 0 spiro atoms. The first-order valence-electron chi connectivity index (χ1n) is 10.2. The molecule has 0 aromatic rings. The lowest BCUT2D eigenvalue weighted by Crippen LogP contribution is -2.27. The molecule has 0 radical (unpaired) electrons. The van der Waals surface area contributed by atoms with Crippen molar-refractivity contribution in [1.29, 1.82) is 0 Å². The van der Waals surface area contributed by atoms with Gasteiger partial charge < -0.3 is 9.47 Å². The van der Waals surface area contributed by atoms with Gasteiger partial charge in [0.25, 0.3) is 6.47 Å². The molecular formula is C22H36O4. The van der Waals surface area contributed by atoms with Gasteiger partial charge in [0.1, 0.15) is 6.10 Å².